The van der Waals surface area contributed by atoms with Gasteiger partial charge in [-0.15, -0.1) is 0 Å². The molecule has 0 aliphatic rings. The summed E-state index contributed by atoms with van der Waals surface area (Å²) in [4.78, 5) is 26.7. The second kappa shape index (κ2) is 10.4. The second-order valence-electron chi connectivity index (χ2n) is 8.58. The minimum atomic E-state index is -2.96. The molecule has 6 nitrogen and oxygen atoms in total. The van der Waals surface area contributed by atoms with E-state index in [1.54, 1.807) is 32.2 Å². The highest BCUT2D eigenvalue weighted by molar-refractivity contribution is 5.97. The smallest absolute Gasteiger partial charge is 0.387 e. The van der Waals surface area contributed by atoms with Gasteiger partial charge in [-0.05, 0) is 47.7 Å². The van der Waals surface area contributed by atoms with E-state index in [0.717, 1.165) is 5.56 Å². The molecule has 2 aromatic rings. The fraction of sp³-hybridized carbons (Fsp3) is 0.417. The van der Waals surface area contributed by atoms with Crippen LogP contribution in [-0.2, 0) is 16.8 Å². The van der Waals surface area contributed by atoms with Crippen molar-refractivity contribution in [3.8, 4) is 11.5 Å². The maximum Gasteiger partial charge on any atom is 0.387 e. The van der Waals surface area contributed by atoms with Crippen molar-refractivity contribution in [1.29, 1.82) is 0 Å². The van der Waals surface area contributed by atoms with Crippen LogP contribution in [0.2, 0.25) is 0 Å². The Labute approximate surface area is 187 Å². The molecule has 32 heavy (non-hydrogen) atoms. The third-order valence-corrected chi connectivity index (χ3v) is 4.97. The quantitative estimate of drug-likeness (QED) is 0.651. The van der Waals surface area contributed by atoms with Gasteiger partial charge in [-0.25, -0.2) is 0 Å². The predicted octanol–water partition coefficient (Wildman–Crippen LogP) is 4.37. The summed E-state index contributed by atoms with van der Waals surface area (Å²) in [5.41, 5.74) is 2.22. The highest BCUT2D eigenvalue weighted by atomic mass is 19.3. The first-order valence-corrected chi connectivity index (χ1v) is 10.2. The Morgan fingerprint density at radius 1 is 1.06 bits per heavy atom. The molecular weight excluding hydrogens is 418 g/mol. The zero-order chi connectivity index (χ0) is 24.1. The van der Waals surface area contributed by atoms with E-state index in [0.29, 0.717) is 11.1 Å². The number of ether oxygens (including phenoxy) is 2. The largest absolute Gasteiger partial charge is 0.493 e. The highest BCUT2D eigenvalue weighted by Gasteiger charge is 2.21. The summed E-state index contributed by atoms with van der Waals surface area (Å²) in [6.07, 6.45) is 0. The van der Waals surface area contributed by atoms with E-state index in [1.807, 2.05) is 12.1 Å². The van der Waals surface area contributed by atoms with E-state index >= 15 is 0 Å². The summed E-state index contributed by atoms with van der Waals surface area (Å²) in [5.74, 6) is -0.576. The zero-order valence-corrected chi connectivity index (χ0v) is 19.2. The van der Waals surface area contributed by atoms with Crippen molar-refractivity contribution in [3.63, 3.8) is 0 Å². The Morgan fingerprint density at radius 3 is 2.22 bits per heavy atom. The summed E-state index contributed by atoms with van der Waals surface area (Å²) < 4.78 is 34.4. The number of benzene rings is 2. The van der Waals surface area contributed by atoms with Crippen molar-refractivity contribution in [2.24, 2.45) is 0 Å². The maximum atomic E-state index is 12.7. The van der Waals surface area contributed by atoms with E-state index in [1.165, 1.54) is 24.1 Å². The van der Waals surface area contributed by atoms with Crippen LogP contribution in [0, 0.1) is 0 Å². The molecule has 0 aromatic heterocycles. The van der Waals surface area contributed by atoms with E-state index in [-0.39, 0.29) is 35.3 Å². The maximum absolute atomic E-state index is 12.7. The fourth-order valence-electron chi connectivity index (χ4n) is 3.15. The number of carbonyl (C=O) groups is 2. The third-order valence-electron chi connectivity index (χ3n) is 4.97. The number of alkyl halides is 2. The number of carbonyl (C=O) groups excluding carboxylic acids is 2. The highest BCUT2D eigenvalue weighted by Crippen LogP contribution is 2.30. The minimum absolute atomic E-state index is 0.0204. The Kier molecular flexibility index (Phi) is 8.19. The number of halogens is 2. The van der Waals surface area contributed by atoms with Crippen LogP contribution < -0.4 is 14.8 Å². The van der Waals surface area contributed by atoms with Crippen molar-refractivity contribution >= 4 is 11.8 Å². The van der Waals surface area contributed by atoms with Gasteiger partial charge >= 0.3 is 6.61 Å². The van der Waals surface area contributed by atoms with Crippen LogP contribution in [0.3, 0.4) is 0 Å². The molecule has 0 bridgehead atoms. The number of nitrogens with zero attached hydrogens (tertiary/aromatic N) is 1. The Morgan fingerprint density at radius 2 is 1.69 bits per heavy atom. The van der Waals surface area contributed by atoms with Gasteiger partial charge in [0.1, 0.15) is 6.04 Å². The molecule has 1 unspecified atom stereocenters. The monoisotopic (exact) mass is 448 g/mol. The number of hydrogen-bond acceptors (Lipinski definition) is 4. The van der Waals surface area contributed by atoms with Gasteiger partial charge in [0, 0.05) is 19.2 Å². The number of methoxy groups -OCH3 is 1. The summed E-state index contributed by atoms with van der Waals surface area (Å²) in [5, 5.41) is 2.72. The molecule has 2 amide bonds. The molecule has 0 aliphatic carbocycles. The average molecular weight is 449 g/mol. The van der Waals surface area contributed by atoms with E-state index < -0.39 is 12.7 Å². The van der Waals surface area contributed by atoms with Crippen molar-refractivity contribution in [2.45, 2.75) is 52.3 Å². The lowest BCUT2D eigenvalue weighted by atomic mass is 9.86. The Balaban J connectivity index is 2.00. The van der Waals surface area contributed by atoms with Crippen LogP contribution in [0.1, 0.15) is 49.2 Å². The molecule has 1 atom stereocenters. The summed E-state index contributed by atoms with van der Waals surface area (Å²) in [6.45, 7) is 5.12. The lowest BCUT2D eigenvalue weighted by molar-refractivity contribution is -0.132. The predicted molar refractivity (Wildman–Crippen MR) is 118 cm³/mol. The van der Waals surface area contributed by atoms with Crippen molar-refractivity contribution in [2.75, 3.05) is 14.2 Å². The molecule has 0 heterocycles. The zero-order valence-electron chi connectivity index (χ0n) is 19.2. The second-order valence-corrected chi connectivity index (χ2v) is 8.58. The first kappa shape index (κ1) is 25.1. The molecule has 0 aliphatic heterocycles. The van der Waals surface area contributed by atoms with Crippen LogP contribution in [0.5, 0.6) is 11.5 Å². The molecule has 174 valence electrons. The molecule has 2 rings (SSSR count). The first-order chi connectivity index (χ1) is 14.9. The van der Waals surface area contributed by atoms with Crippen LogP contribution in [-0.4, -0.2) is 43.5 Å². The van der Waals surface area contributed by atoms with Gasteiger partial charge in [0.25, 0.3) is 5.91 Å². The number of hydrogen-bond donors (Lipinski definition) is 1. The van der Waals surface area contributed by atoms with Crippen molar-refractivity contribution in [3.05, 3.63) is 59.2 Å². The third kappa shape index (κ3) is 6.67. The Hall–Kier alpha value is -3.16. The summed E-state index contributed by atoms with van der Waals surface area (Å²) in [7, 11) is 2.94. The number of amides is 2. The van der Waals surface area contributed by atoms with E-state index in [4.69, 9.17) is 4.74 Å². The molecule has 0 saturated heterocycles. The topological polar surface area (TPSA) is 67.9 Å². The molecule has 2 aromatic carbocycles. The standard InChI is InChI=1S/C24H30F2N2O4/c1-15(27-21(29)17-8-10-18(11-9-17)24(2,3)4)22(30)28(5)14-16-7-12-19(32-23(25)26)20(13-16)31-6/h7-13,15,23H,14H2,1-6H3,(H,27,29). The van der Waals surface area contributed by atoms with Gasteiger partial charge in [0.15, 0.2) is 11.5 Å². The van der Waals surface area contributed by atoms with Gasteiger partial charge in [0.05, 0.1) is 7.11 Å². The van der Waals surface area contributed by atoms with Crippen LogP contribution in [0.25, 0.3) is 0 Å². The van der Waals surface area contributed by atoms with Gasteiger partial charge < -0.3 is 19.7 Å². The molecule has 0 radical (unpaired) electrons. The molecule has 0 spiro atoms. The van der Waals surface area contributed by atoms with Gasteiger partial charge in [-0.3, -0.25) is 9.59 Å². The van der Waals surface area contributed by atoms with Crippen LogP contribution >= 0.6 is 0 Å². The van der Waals surface area contributed by atoms with Crippen LogP contribution in [0.4, 0.5) is 8.78 Å². The normalized spacial score (nSPS) is 12.3. The molecule has 8 heteroatoms. The SMILES string of the molecule is COc1cc(CN(C)C(=O)C(C)NC(=O)c2ccc(C(C)(C)C)cc2)ccc1OC(F)F. The van der Waals surface area contributed by atoms with E-state index in [9.17, 15) is 18.4 Å². The molecule has 1 N–H and O–H groups in total. The fourth-order valence-corrected chi connectivity index (χ4v) is 3.15. The van der Waals surface area contributed by atoms with Gasteiger partial charge in [-0.2, -0.15) is 8.78 Å². The number of likely N-dealkylation sites (N-methyl/N-ethyl adjacent to an activating group) is 1. The summed E-state index contributed by atoms with van der Waals surface area (Å²) >= 11 is 0. The molecule has 0 fully saturated rings. The van der Waals surface area contributed by atoms with E-state index in [2.05, 4.69) is 30.8 Å². The summed E-state index contributed by atoms with van der Waals surface area (Å²) in [6, 6.07) is 11.0. The van der Waals surface area contributed by atoms with Gasteiger partial charge in [-0.1, -0.05) is 39.0 Å². The van der Waals surface area contributed by atoms with Crippen molar-refractivity contribution in [1.82, 2.24) is 10.2 Å². The van der Waals surface area contributed by atoms with Crippen molar-refractivity contribution < 1.29 is 27.8 Å². The van der Waals surface area contributed by atoms with Gasteiger partial charge in [0.2, 0.25) is 5.91 Å². The lowest BCUT2D eigenvalue weighted by Gasteiger charge is -2.23. The lowest BCUT2D eigenvalue weighted by Crippen LogP contribution is -2.45. The molecular formula is C24H30F2N2O4. The Bertz CT molecular complexity index is 940. The van der Waals surface area contributed by atoms with Crippen LogP contribution in [0.15, 0.2) is 42.5 Å². The first-order valence-electron chi connectivity index (χ1n) is 10.2. The minimum Gasteiger partial charge on any atom is -0.493 e. The number of rotatable bonds is 8. The average Bonchev–Trinajstić information content (AvgIpc) is 2.73. The number of nitrogens with one attached hydrogen (secondary N) is 1. The molecule has 0 saturated carbocycles.